The Balaban J connectivity index is 2.14. The average Bonchev–Trinajstić information content (AvgIpc) is 2.39. The molecule has 0 aliphatic carbocycles. The van der Waals surface area contributed by atoms with Crippen molar-refractivity contribution in [1.82, 2.24) is 9.97 Å². The zero-order valence-electron chi connectivity index (χ0n) is 9.65. The molecular formula is C12H11Br2N3O. The van der Waals surface area contributed by atoms with E-state index in [2.05, 4.69) is 47.1 Å². The molecule has 2 rings (SSSR count). The molecule has 0 radical (unpaired) electrons. The summed E-state index contributed by atoms with van der Waals surface area (Å²) in [7, 11) is 1.80. The Labute approximate surface area is 122 Å². The molecule has 4 nitrogen and oxygen atoms in total. The Morgan fingerprint density at radius 2 is 2.00 bits per heavy atom. The Kier molecular flexibility index (Phi) is 4.54. The van der Waals surface area contributed by atoms with Crippen LogP contribution in [0.2, 0.25) is 0 Å². The molecule has 0 saturated heterocycles. The van der Waals surface area contributed by atoms with Gasteiger partial charge in [-0.1, -0.05) is 34.1 Å². The minimum Gasteiger partial charge on any atom is -0.472 e. The zero-order chi connectivity index (χ0) is 13.0. The van der Waals surface area contributed by atoms with Gasteiger partial charge in [0.15, 0.2) is 0 Å². The molecule has 2 aromatic rings. The molecule has 0 atom stereocenters. The van der Waals surface area contributed by atoms with Gasteiger partial charge in [0.05, 0.1) is 0 Å². The molecule has 0 unspecified atom stereocenters. The molecule has 18 heavy (non-hydrogen) atoms. The standard InChI is InChI=1S/C12H11Br2N3O/c1-15-11-10(14)12(17-7-16-11)18-6-8-4-2-3-5-9(8)13/h2-5,7H,6H2,1H3,(H,15,16,17). The Morgan fingerprint density at radius 3 is 2.72 bits per heavy atom. The SMILES string of the molecule is CNc1ncnc(OCc2ccccc2Br)c1Br. The highest BCUT2D eigenvalue weighted by molar-refractivity contribution is 9.11. The van der Waals surface area contributed by atoms with E-state index in [4.69, 9.17) is 4.74 Å². The second-order valence-corrected chi connectivity index (χ2v) is 5.12. The first-order valence-corrected chi connectivity index (χ1v) is 6.85. The summed E-state index contributed by atoms with van der Waals surface area (Å²) in [6.07, 6.45) is 1.46. The summed E-state index contributed by atoms with van der Waals surface area (Å²) in [5.41, 5.74) is 1.06. The van der Waals surface area contributed by atoms with Gasteiger partial charge in [-0.25, -0.2) is 9.97 Å². The van der Waals surface area contributed by atoms with Crippen molar-refractivity contribution in [2.24, 2.45) is 0 Å². The number of halogens is 2. The molecule has 6 heteroatoms. The number of nitrogens with zero attached hydrogens (tertiary/aromatic N) is 2. The minimum atomic E-state index is 0.445. The first kappa shape index (κ1) is 13.3. The van der Waals surface area contributed by atoms with Crippen LogP contribution in [0.3, 0.4) is 0 Å². The predicted molar refractivity (Wildman–Crippen MR) is 77.8 cm³/mol. The third kappa shape index (κ3) is 3.00. The van der Waals surface area contributed by atoms with Gasteiger partial charge in [0.25, 0.3) is 0 Å². The third-order valence-corrected chi connectivity index (χ3v) is 3.80. The summed E-state index contributed by atoms with van der Waals surface area (Å²) in [5.74, 6) is 1.22. The second-order valence-electron chi connectivity index (χ2n) is 3.47. The van der Waals surface area contributed by atoms with Gasteiger partial charge in [-0.05, 0) is 22.0 Å². The molecule has 1 aromatic carbocycles. The summed E-state index contributed by atoms with van der Waals surface area (Å²) in [5, 5.41) is 2.96. The van der Waals surface area contributed by atoms with E-state index in [1.165, 1.54) is 6.33 Å². The quantitative estimate of drug-likeness (QED) is 0.890. The highest BCUT2D eigenvalue weighted by atomic mass is 79.9. The first-order valence-electron chi connectivity index (χ1n) is 5.27. The van der Waals surface area contributed by atoms with Crippen LogP contribution in [0, 0.1) is 0 Å². The number of aromatic nitrogens is 2. The fraction of sp³-hybridized carbons (Fsp3) is 0.167. The van der Waals surface area contributed by atoms with Crippen molar-refractivity contribution in [3.63, 3.8) is 0 Å². The molecule has 0 saturated carbocycles. The summed E-state index contributed by atoms with van der Waals surface area (Å²) in [4.78, 5) is 8.17. The Morgan fingerprint density at radius 1 is 1.22 bits per heavy atom. The number of nitrogens with one attached hydrogen (secondary N) is 1. The van der Waals surface area contributed by atoms with Crippen LogP contribution in [-0.4, -0.2) is 17.0 Å². The number of benzene rings is 1. The van der Waals surface area contributed by atoms with Gasteiger partial charge in [0, 0.05) is 17.1 Å². The fourth-order valence-corrected chi connectivity index (χ4v) is 2.31. The fourth-order valence-electron chi connectivity index (χ4n) is 1.39. The van der Waals surface area contributed by atoms with E-state index in [-0.39, 0.29) is 0 Å². The maximum atomic E-state index is 5.68. The molecule has 0 spiro atoms. The maximum absolute atomic E-state index is 5.68. The zero-order valence-corrected chi connectivity index (χ0v) is 12.8. The lowest BCUT2D eigenvalue weighted by Crippen LogP contribution is -2.02. The van der Waals surface area contributed by atoms with E-state index >= 15 is 0 Å². The van der Waals surface area contributed by atoms with Crippen LogP contribution in [0.5, 0.6) is 5.88 Å². The second kappa shape index (κ2) is 6.15. The molecular weight excluding hydrogens is 362 g/mol. The number of hydrogen-bond donors (Lipinski definition) is 1. The van der Waals surface area contributed by atoms with Crippen LogP contribution >= 0.6 is 31.9 Å². The number of hydrogen-bond acceptors (Lipinski definition) is 4. The topological polar surface area (TPSA) is 47.0 Å². The van der Waals surface area contributed by atoms with Gasteiger partial charge in [0.2, 0.25) is 5.88 Å². The lowest BCUT2D eigenvalue weighted by atomic mass is 10.2. The summed E-state index contributed by atoms with van der Waals surface area (Å²) < 4.78 is 7.42. The normalized spacial score (nSPS) is 10.2. The van der Waals surface area contributed by atoms with Gasteiger partial charge < -0.3 is 10.1 Å². The van der Waals surface area contributed by atoms with Crippen LogP contribution in [0.25, 0.3) is 0 Å². The minimum absolute atomic E-state index is 0.445. The largest absolute Gasteiger partial charge is 0.472 e. The lowest BCUT2D eigenvalue weighted by molar-refractivity contribution is 0.290. The number of ether oxygens (including phenoxy) is 1. The van der Waals surface area contributed by atoms with Crippen molar-refractivity contribution >= 4 is 37.7 Å². The van der Waals surface area contributed by atoms with Gasteiger partial charge in [0.1, 0.15) is 23.2 Å². The van der Waals surface area contributed by atoms with Crippen molar-refractivity contribution in [2.45, 2.75) is 6.61 Å². The number of rotatable bonds is 4. The molecule has 0 amide bonds. The van der Waals surface area contributed by atoms with Gasteiger partial charge in [-0.2, -0.15) is 0 Å². The average molecular weight is 373 g/mol. The van der Waals surface area contributed by atoms with Gasteiger partial charge >= 0.3 is 0 Å². The van der Waals surface area contributed by atoms with Gasteiger partial charge in [-0.15, -0.1) is 0 Å². The van der Waals surface area contributed by atoms with Crippen molar-refractivity contribution < 1.29 is 4.74 Å². The Bertz CT molecular complexity index is 549. The summed E-state index contributed by atoms with van der Waals surface area (Å²) in [6, 6.07) is 7.91. The monoisotopic (exact) mass is 371 g/mol. The highest BCUT2D eigenvalue weighted by Crippen LogP contribution is 2.29. The Hall–Kier alpha value is -1.14. The van der Waals surface area contributed by atoms with Crippen LogP contribution in [-0.2, 0) is 6.61 Å². The van der Waals surface area contributed by atoms with Crippen LogP contribution in [0.4, 0.5) is 5.82 Å². The molecule has 0 bridgehead atoms. The molecule has 1 aromatic heterocycles. The van der Waals surface area contributed by atoms with Crippen molar-refractivity contribution in [2.75, 3.05) is 12.4 Å². The first-order chi connectivity index (χ1) is 8.72. The van der Waals surface area contributed by atoms with E-state index in [0.29, 0.717) is 18.3 Å². The molecule has 1 N–H and O–H groups in total. The predicted octanol–water partition coefficient (Wildman–Crippen LogP) is 3.62. The molecule has 0 fully saturated rings. The van der Waals surface area contributed by atoms with E-state index < -0.39 is 0 Å². The van der Waals surface area contributed by atoms with Crippen LogP contribution in [0.1, 0.15) is 5.56 Å². The van der Waals surface area contributed by atoms with E-state index in [1.807, 2.05) is 24.3 Å². The summed E-state index contributed by atoms with van der Waals surface area (Å²) >= 11 is 6.89. The molecule has 0 aliphatic rings. The van der Waals surface area contributed by atoms with Crippen molar-refractivity contribution in [3.8, 4) is 5.88 Å². The highest BCUT2D eigenvalue weighted by Gasteiger charge is 2.09. The van der Waals surface area contributed by atoms with E-state index in [0.717, 1.165) is 14.5 Å². The smallest absolute Gasteiger partial charge is 0.233 e. The van der Waals surface area contributed by atoms with E-state index in [1.54, 1.807) is 7.05 Å². The third-order valence-electron chi connectivity index (χ3n) is 2.32. The van der Waals surface area contributed by atoms with Crippen LogP contribution < -0.4 is 10.1 Å². The van der Waals surface area contributed by atoms with Crippen molar-refractivity contribution in [3.05, 3.63) is 45.1 Å². The van der Waals surface area contributed by atoms with Crippen LogP contribution in [0.15, 0.2) is 39.5 Å². The number of anilines is 1. The summed E-state index contributed by atoms with van der Waals surface area (Å²) in [6.45, 7) is 0.445. The molecule has 94 valence electrons. The molecule has 1 heterocycles. The maximum Gasteiger partial charge on any atom is 0.233 e. The van der Waals surface area contributed by atoms with E-state index in [9.17, 15) is 0 Å². The lowest BCUT2D eigenvalue weighted by Gasteiger charge is -2.10. The van der Waals surface area contributed by atoms with Gasteiger partial charge in [-0.3, -0.25) is 0 Å². The van der Waals surface area contributed by atoms with Crippen molar-refractivity contribution in [1.29, 1.82) is 0 Å². The molecule has 0 aliphatic heterocycles.